The van der Waals surface area contributed by atoms with Crippen LogP contribution in [0.25, 0.3) is 0 Å². The van der Waals surface area contributed by atoms with E-state index in [0.29, 0.717) is 0 Å². The zero-order valence-electron chi connectivity index (χ0n) is 8.94. The fourth-order valence-corrected chi connectivity index (χ4v) is 2.89. The van der Waals surface area contributed by atoms with Crippen molar-refractivity contribution in [1.29, 1.82) is 0 Å². The lowest BCUT2D eigenvalue weighted by atomic mass is 9.94. The Kier molecular flexibility index (Phi) is 4.47. The summed E-state index contributed by atoms with van der Waals surface area (Å²) >= 11 is 0. The molecule has 0 aliphatic heterocycles. The summed E-state index contributed by atoms with van der Waals surface area (Å²) in [6.07, 6.45) is -1.34. The van der Waals surface area contributed by atoms with Crippen LogP contribution >= 0.6 is 10.7 Å². The number of carbonyl (C=O) groups is 1. The van der Waals surface area contributed by atoms with E-state index in [4.69, 9.17) is 15.8 Å². The Morgan fingerprint density at radius 1 is 1.59 bits per heavy atom. The molecule has 0 saturated heterocycles. The van der Waals surface area contributed by atoms with Crippen molar-refractivity contribution in [2.75, 3.05) is 5.75 Å². The molecule has 0 bridgehead atoms. The van der Waals surface area contributed by atoms with Crippen LogP contribution in [0, 0.1) is 5.82 Å². The average molecular weight is 280 g/mol. The number of rotatable bonds is 4. The largest absolute Gasteiger partial charge is 0.465 e. The number of hydrogen-bond donors (Lipinski definition) is 2. The normalized spacial score (nSPS) is 15.9. The van der Waals surface area contributed by atoms with Crippen molar-refractivity contribution < 1.29 is 18.5 Å². The van der Waals surface area contributed by atoms with Crippen molar-refractivity contribution in [3.63, 3.8) is 0 Å². The second-order valence-corrected chi connectivity index (χ2v) is 5.58. The molecule has 1 aromatic rings. The van der Waals surface area contributed by atoms with Crippen LogP contribution in [0.1, 0.15) is 12.5 Å². The van der Waals surface area contributed by atoms with Gasteiger partial charge in [0, 0.05) is 5.56 Å². The Morgan fingerprint density at radius 2 is 2.18 bits per heavy atom. The molecule has 0 radical (unpaired) electrons. The fraction of sp³-hybridized carbons (Fsp3) is 0.300. The Morgan fingerprint density at radius 3 is 2.65 bits per heavy atom. The minimum absolute atomic E-state index is 0.108. The van der Waals surface area contributed by atoms with Crippen LogP contribution in [0.3, 0.4) is 0 Å². The molecule has 2 N–H and O–H groups in total. The molecule has 1 unspecified atom stereocenters. The molecule has 4 nitrogen and oxygen atoms in total. The van der Waals surface area contributed by atoms with E-state index < -0.39 is 27.5 Å². The molecule has 0 saturated carbocycles. The topological polar surface area (TPSA) is 66.4 Å². The van der Waals surface area contributed by atoms with E-state index >= 15 is 0 Å². The van der Waals surface area contributed by atoms with Gasteiger partial charge in [-0.1, -0.05) is 18.2 Å². The van der Waals surface area contributed by atoms with Crippen LogP contribution < -0.4 is 5.32 Å². The highest BCUT2D eigenvalue weighted by Gasteiger charge is 2.33. The van der Waals surface area contributed by atoms with Crippen molar-refractivity contribution in [3.05, 3.63) is 35.6 Å². The van der Waals surface area contributed by atoms with Gasteiger partial charge in [0.05, 0.1) is 11.3 Å². The first kappa shape index (κ1) is 13.9. The van der Waals surface area contributed by atoms with Crippen LogP contribution in [0.15, 0.2) is 24.3 Å². The molecule has 0 spiro atoms. The van der Waals surface area contributed by atoms with Crippen LogP contribution in [-0.2, 0) is 15.6 Å². The zero-order valence-corrected chi connectivity index (χ0v) is 10.5. The quantitative estimate of drug-likeness (QED) is 0.831. The minimum atomic E-state index is -1.78. The van der Waals surface area contributed by atoms with E-state index in [9.17, 15) is 13.4 Å². The number of hydrogen-bond acceptors (Lipinski definition) is 2. The molecule has 2 atom stereocenters. The molecule has 0 aliphatic rings. The van der Waals surface area contributed by atoms with E-state index in [1.54, 1.807) is 6.07 Å². The summed E-state index contributed by atoms with van der Waals surface area (Å²) < 4.78 is 24.7. The van der Waals surface area contributed by atoms with Gasteiger partial charge in [0.15, 0.2) is 0 Å². The Hall–Kier alpha value is -1.14. The van der Waals surface area contributed by atoms with Gasteiger partial charge >= 0.3 is 6.09 Å². The molecule has 0 aliphatic carbocycles. The molecule has 94 valence electrons. The van der Waals surface area contributed by atoms with Gasteiger partial charge in [-0.2, -0.15) is 0 Å². The van der Waals surface area contributed by atoms with Gasteiger partial charge in [-0.15, -0.1) is 0 Å². The summed E-state index contributed by atoms with van der Waals surface area (Å²) in [6.45, 7) is 1.43. The number of halogens is 2. The fourth-order valence-electron chi connectivity index (χ4n) is 1.55. The van der Waals surface area contributed by atoms with Crippen molar-refractivity contribution in [3.8, 4) is 0 Å². The van der Waals surface area contributed by atoms with Crippen molar-refractivity contribution in [2.45, 2.75) is 12.5 Å². The molecule has 0 aromatic heterocycles. The third kappa shape index (κ3) is 3.67. The van der Waals surface area contributed by atoms with Crippen LogP contribution in [0.4, 0.5) is 9.18 Å². The number of carboxylic acid groups (broad SMARTS) is 1. The Balaban J connectivity index is 3.18. The monoisotopic (exact) mass is 279 g/mol. The smallest absolute Gasteiger partial charge is 0.405 e. The number of amides is 1. The lowest BCUT2D eigenvalue weighted by Gasteiger charge is -2.28. The van der Waals surface area contributed by atoms with E-state index in [0.717, 1.165) is 0 Å². The van der Waals surface area contributed by atoms with E-state index in [2.05, 4.69) is 5.32 Å². The van der Waals surface area contributed by atoms with Gasteiger partial charge in [0.25, 0.3) is 0 Å². The average Bonchev–Trinajstić information content (AvgIpc) is 2.15. The molecular formula is C10H11ClFNO3S. The minimum Gasteiger partial charge on any atom is -0.465 e. The highest BCUT2D eigenvalue weighted by molar-refractivity contribution is 8.08. The van der Waals surface area contributed by atoms with Gasteiger partial charge in [-0.25, -0.2) is 13.4 Å². The van der Waals surface area contributed by atoms with Gasteiger partial charge in [-0.05, 0) is 23.7 Å². The van der Waals surface area contributed by atoms with Crippen LogP contribution in [0.5, 0.6) is 0 Å². The molecule has 0 heterocycles. The number of benzene rings is 1. The lowest BCUT2D eigenvalue weighted by molar-refractivity contribution is 0.182. The Labute approximate surface area is 105 Å². The first-order valence-electron chi connectivity index (χ1n) is 4.66. The molecular weight excluding hydrogens is 269 g/mol. The standard InChI is InChI=1S/C10H11ClFNO3S/c1-10(6-17(11)16,13-9(14)15)7-4-2-3-5-8(7)12/h2-5,13H,6H2,1H3,(H,14,15)/t10-,17?/m1/s1. The maximum atomic E-state index is 13.6. The third-order valence-electron chi connectivity index (χ3n) is 2.25. The van der Waals surface area contributed by atoms with Crippen molar-refractivity contribution in [2.24, 2.45) is 0 Å². The molecule has 1 aromatic carbocycles. The third-order valence-corrected chi connectivity index (χ3v) is 3.38. The predicted molar refractivity (Wildman–Crippen MR) is 63.8 cm³/mol. The van der Waals surface area contributed by atoms with Gasteiger partial charge in [0.1, 0.15) is 15.8 Å². The zero-order chi connectivity index (χ0) is 13.1. The summed E-state index contributed by atoms with van der Waals surface area (Å²) in [5.41, 5.74) is -1.22. The van der Waals surface area contributed by atoms with Gasteiger partial charge in [0.2, 0.25) is 0 Å². The second kappa shape index (κ2) is 5.46. The first-order valence-corrected chi connectivity index (χ1v) is 6.80. The maximum absolute atomic E-state index is 13.6. The van der Waals surface area contributed by atoms with E-state index in [-0.39, 0.29) is 11.3 Å². The first-order chi connectivity index (χ1) is 7.85. The molecule has 0 fully saturated rings. The van der Waals surface area contributed by atoms with Crippen LogP contribution in [-0.4, -0.2) is 21.2 Å². The molecule has 17 heavy (non-hydrogen) atoms. The molecule has 7 heteroatoms. The molecule has 1 rings (SSSR count). The van der Waals surface area contributed by atoms with Gasteiger partial charge < -0.3 is 10.4 Å². The predicted octanol–water partition coefficient (Wildman–Crippen LogP) is 2.21. The second-order valence-electron chi connectivity index (χ2n) is 3.68. The van der Waals surface area contributed by atoms with Crippen molar-refractivity contribution >= 4 is 26.8 Å². The summed E-state index contributed by atoms with van der Waals surface area (Å²) in [6, 6.07) is 5.68. The van der Waals surface area contributed by atoms with Crippen molar-refractivity contribution in [1.82, 2.24) is 5.32 Å². The summed E-state index contributed by atoms with van der Waals surface area (Å²) in [7, 11) is 3.58. The van der Waals surface area contributed by atoms with Crippen LogP contribution in [0.2, 0.25) is 0 Å². The maximum Gasteiger partial charge on any atom is 0.405 e. The van der Waals surface area contributed by atoms with E-state index in [1.807, 2.05) is 0 Å². The number of nitrogens with one attached hydrogen (secondary N) is 1. The SMILES string of the molecule is C[C@](CS(=O)Cl)(NC(=O)O)c1ccccc1F. The lowest BCUT2D eigenvalue weighted by Crippen LogP contribution is -2.46. The molecule has 1 amide bonds. The van der Waals surface area contributed by atoms with E-state index in [1.165, 1.54) is 25.1 Å². The highest BCUT2D eigenvalue weighted by atomic mass is 35.7. The summed E-state index contributed by atoms with van der Waals surface area (Å²) in [5.74, 6) is -0.798. The Bertz CT molecular complexity index is 439. The highest BCUT2D eigenvalue weighted by Crippen LogP contribution is 2.25. The van der Waals surface area contributed by atoms with Gasteiger partial charge in [-0.3, -0.25) is 0 Å². The summed E-state index contributed by atoms with van der Waals surface area (Å²) in [4.78, 5) is 10.7. The summed E-state index contributed by atoms with van der Waals surface area (Å²) in [5, 5.41) is 10.9.